The van der Waals surface area contributed by atoms with E-state index >= 15 is 0 Å². The SMILES string of the molecule is CC1(C)c2ccccc2-c2ccc(N(c3ccc(-c4ccccc4)cc3)c3ccc(-c4cc5ccccc5c5c4CCC=C5)c(-c4ccccc4)c3)cc21. The minimum absolute atomic E-state index is 0.104. The summed E-state index contributed by atoms with van der Waals surface area (Å²) in [5.74, 6) is 0. The molecule has 0 radical (unpaired) electrons. The Labute approximate surface area is 318 Å². The minimum Gasteiger partial charge on any atom is -0.310 e. The van der Waals surface area contributed by atoms with Crippen LogP contribution in [0.5, 0.6) is 0 Å². The molecular weight excluding hydrogens is 651 g/mol. The monoisotopic (exact) mass is 691 g/mol. The second-order valence-electron chi connectivity index (χ2n) is 15.2. The van der Waals surface area contributed by atoms with Gasteiger partial charge in [-0.2, -0.15) is 0 Å². The number of rotatable bonds is 6. The molecule has 258 valence electrons. The molecule has 0 saturated carbocycles. The zero-order valence-corrected chi connectivity index (χ0v) is 30.8. The Morgan fingerprint density at radius 2 is 1.06 bits per heavy atom. The molecule has 0 bridgehead atoms. The van der Waals surface area contributed by atoms with Gasteiger partial charge in [-0.25, -0.2) is 0 Å². The summed E-state index contributed by atoms with van der Waals surface area (Å²) in [6, 6.07) is 65.0. The van der Waals surface area contributed by atoms with Gasteiger partial charge in [0.25, 0.3) is 0 Å². The van der Waals surface area contributed by atoms with Gasteiger partial charge >= 0.3 is 0 Å². The normalized spacial score (nSPS) is 13.7. The molecule has 0 amide bonds. The van der Waals surface area contributed by atoms with Crippen LogP contribution in [0.4, 0.5) is 17.1 Å². The average molecular weight is 692 g/mol. The van der Waals surface area contributed by atoms with Crippen LogP contribution in [0.3, 0.4) is 0 Å². The van der Waals surface area contributed by atoms with Crippen LogP contribution in [0.15, 0.2) is 182 Å². The summed E-state index contributed by atoms with van der Waals surface area (Å²) in [6.45, 7) is 4.73. The molecule has 8 aromatic rings. The molecule has 1 heteroatoms. The van der Waals surface area contributed by atoms with E-state index in [-0.39, 0.29) is 5.41 Å². The van der Waals surface area contributed by atoms with E-state index in [0.29, 0.717) is 0 Å². The van der Waals surface area contributed by atoms with Gasteiger partial charge in [-0.1, -0.05) is 159 Å². The zero-order valence-electron chi connectivity index (χ0n) is 30.8. The quantitative estimate of drug-likeness (QED) is 0.168. The van der Waals surface area contributed by atoms with Crippen LogP contribution in [0.2, 0.25) is 0 Å². The lowest BCUT2D eigenvalue weighted by atomic mass is 9.82. The zero-order chi connectivity index (χ0) is 36.2. The largest absolute Gasteiger partial charge is 0.310 e. The maximum Gasteiger partial charge on any atom is 0.0468 e. The molecule has 2 aliphatic carbocycles. The van der Waals surface area contributed by atoms with E-state index in [0.717, 1.165) is 29.9 Å². The lowest BCUT2D eigenvalue weighted by Gasteiger charge is -2.29. The van der Waals surface area contributed by atoms with E-state index in [1.54, 1.807) is 0 Å². The van der Waals surface area contributed by atoms with Gasteiger partial charge in [0.1, 0.15) is 0 Å². The first-order chi connectivity index (χ1) is 26.5. The second-order valence-corrected chi connectivity index (χ2v) is 15.2. The van der Waals surface area contributed by atoms with Gasteiger partial charge in [-0.3, -0.25) is 0 Å². The van der Waals surface area contributed by atoms with Crippen LogP contribution < -0.4 is 4.90 Å². The van der Waals surface area contributed by atoms with Gasteiger partial charge in [-0.05, 0) is 133 Å². The van der Waals surface area contributed by atoms with Gasteiger partial charge in [0, 0.05) is 22.5 Å². The van der Waals surface area contributed by atoms with Crippen LogP contribution in [0, 0.1) is 0 Å². The molecule has 0 unspecified atom stereocenters. The summed E-state index contributed by atoms with van der Waals surface area (Å²) in [5, 5.41) is 2.61. The van der Waals surface area contributed by atoms with Crippen molar-refractivity contribution in [2.24, 2.45) is 0 Å². The van der Waals surface area contributed by atoms with Crippen molar-refractivity contribution in [2.45, 2.75) is 32.1 Å². The summed E-state index contributed by atoms with van der Waals surface area (Å²) >= 11 is 0. The highest BCUT2D eigenvalue weighted by molar-refractivity contribution is 6.00. The molecule has 54 heavy (non-hydrogen) atoms. The van der Waals surface area contributed by atoms with Gasteiger partial charge < -0.3 is 4.90 Å². The van der Waals surface area contributed by atoms with E-state index in [4.69, 9.17) is 0 Å². The Kier molecular flexibility index (Phi) is 7.70. The van der Waals surface area contributed by atoms with Crippen molar-refractivity contribution in [2.75, 3.05) is 4.90 Å². The fraction of sp³-hybridized carbons (Fsp3) is 0.0943. The molecule has 10 rings (SSSR count). The van der Waals surface area contributed by atoms with Crippen LogP contribution in [0.1, 0.15) is 42.5 Å². The molecular formula is C53H41N. The molecule has 0 heterocycles. The number of fused-ring (bicyclic) bond motifs is 6. The Hall–Kier alpha value is -6.44. The Balaban J connectivity index is 1.18. The summed E-state index contributed by atoms with van der Waals surface area (Å²) in [4.78, 5) is 2.45. The molecule has 8 aromatic carbocycles. The van der Waals surface area contributed by atoms with Crippen LogP contribution in [0.25, 0.3) is 61.4 Å². The average Bonchev–Trinajstić information content (AvgIpc) is 3.47. The Morgan fingerprint density at radius 1 is 0.444 bits per heavy atom. The number of benzene rings is 8. The van der Waals surface area contributed by atoms with Gasteiger partial charge in [0.05, 0.1) is 0 Å². The first-order valence-corrected chi connectivity index (χ1v) is 19.2. The number of nitrogens with zero attached hydrogens (tertiary/aromatic N) is 1. The maximum absolute atomic E-state index is 2.45. The Bertz CT molecular complexity index is 2720. The van der Waals surface area contributed by atoms with Crippen molar-refractivity contribution in [3.63, 3.8) is 0 Å². The first-order valence-electron chi connectivity index (χ1n) is 19.2. The van der Waals surface area contributed by atoms with Crippen molar-refractivity contribution in [3.05, 3.63) is 204 Å². The van der Waals surface area contributed by atoms with Crippen LogP contribution in [-0.4, -0.2) is 0 Å². The van der Waals surface area contributed by atoms with Crippen molar-refractivity contribution >= 4 is 33.9 Å². The third kappa shape index (κ3) is 5.31. The van der Waals surface area contributed by atoms with E-state index < -0.39 is 0 Å². The van der Waals surface area contributed by atoms with Crippen molar-refractivity contribution in [1.82, 2.24) is 0 Å². The smallest absolute Gasteiger partial charge is 0.0468 e. The molecule has 0 aliphatic heterocycles. The predicted molar refractivity (Wildman–Crippen MR) is 230 cm³/mol. The van der Waals surface area contributed by atoms with Crippen molar-refractivity contribution < 1.29 is 0 Å². The van der Waals surface area contributed by atoms with Gasteiger partial charge in [0.2, 0.25) is 0 Å². The third-order valence-corrected chi connectivity index (χ3v) is 11.7. The van der Waals surface area contributed by atoms with Crippen molar-refractivity contribution in [3.8, 4) is 44.5 Å². The standard InChI is InChI=1S/C53H41N/c1-53(2)51-24-14-13-23-47(51)48-32-30-42(35-52(48)53)54(40-27-25-37(26-28-40)36-15-5-3-6-16-36)41-29-31-46(49(34-41)38-17-7-4-8-18-38)50-33-39-19-9-10-20-43(39)44-21-11-12-22-45(44)50/h3-11,13-21,23-35H,12,22H2,1-2H3. The highest BCUT2D eigenvalue weighted by atomic mass is 15.1. The molecule has 0 aromatic heterocycles. The third-order valence-electron chi connectivity index (χ3n) is 11.7. The molecule has 0 atom stereocenters. The molecule has 1 nitrogen and oxygen atoms in total. The summed E-state index contributed by atoms with van der Waals surface area (Å²) in [5.41, 5.74) is 19.0. The number of hydrogen-bond acceptors (Lipinski definition) is 1. The second kappa shape index (κ2) is 12.9. The molecule has 0 saturated heterocycles. The highest BCUT2D eigenvalue weighted by Crippen LogP contribution is 2.51. The molecule has 0 fully saturated rings. The molecule has 2 aliphatic rings. The van der Waals surface area contributed by atoms with E-state index in [1.165, 1.54) is 77.5 Å². The van der Waals surface area contributed by atoms with Gasteiger partial charge in [-0.15, -0.1) is 0 Å². The van der Waals surface area contributed by atoms with E-state index in [2.05, 4.69) is 207 Å². The number of allylic oxidation sites excluding steroid dienone is 1. The first kappa shape index (κ1) is 32.2. The van der Waals surface area contributed by atoms with Crippen LogP contribution in [-0.2, 0) is 11.8 Å². The molecule has 0 spiro atoms. The fourth-order valence-corrected chi connectivity index (χ4v) is 9.02. The van der Waals surface area contributed by atoms with E-state index in [9.17, 15) is 0 Å². The van der Waals surface area contributed by atoms with Crippen molar-refractivity contribution in [1.29, 1.82) is 0 Å². The minimum atomic E-state index is -0.104. The lowest BCUT2D eigenvalue weighted by Crippen LogP contribution is -2.16. The van der Waals surface area contributed by atoms with Crippen LogP contribution >= 0.6 is 0 Å². The lowest BCUT2D eigenvalue weighted by molar-refractivity contribution is 0.660. The fourth-order valence-electron chi connectivity index (χ4n) is 9.02. The van der Waals surface area contributed by atoms with Gasteiger partial charge in [0.15, 0.2) is 0 Å². The topological polar surface area (TPSA) is 3.24 Å². The predicted octanol–water partition coefficient (Wildman–Crippen LogP) is 14.6. The summed E-state index contributed by atoms with van der Waals surface area (Å²) in [7, 11) is 0. The maximum atomic E-state index is 2.45. The molecule has 0 N–H and O–H groups in total. The number of anilines is 3. The number of hydrogen-bond donors (Lipinski definition) is 0. The van der Waals surface area contributed by atoms with E-state index in [1.807, 2.05) is 0 Å². The summed E-state index contributed by atoms with van der Waals surface area (Å²) in [6.07, 6.45) is 6.77. The highest BCUT2D eigenvalue weighted by Gasteiger charge is 2.35. The summed E-state index contributed by atoms with van der Waals surface area (Å²) < 4.78 is 0. The Morgan fingerprint density at radius 3 is 1.85 bits per heavy atom.